The molecular weight excluding hydrogens is 256 g/mol. The first kappa shape index (κ1) is 9.05. The zero-order chi connectivity index (χ0) is 7.61. The molecule has 1 aliphatic carbocycles. The second-order valence-electron chi connectivity index (χ2n) is 3.21. The van der Waals surface area contributed by atoms with Gasteiger partial charge in [-0.1, -0.05) is 58.0 Å². The minimum Gasteiger partial charge on any atom is -0.0878 e. The van der Waals surface area contributed by atoms with Crippen molar-refractivity contribution < 1.29 is 0 Å². The van der Waals surface area contributed by atoms with E-state index < -0.39 is 0 Å². The molecule has 0 N–H and O–H groups in total. The van der Waals surface area contributed by atoms with E-state index in [1.54, 1.807) is 0 Å². The van der Waals surface area contributed by atoms with Gasteiger partial charge in [-0.25, -0.2) is 0 Å². The highest BCUT2D eigenvalue weighted by atomic mass is 79.9. The van der Waals surface area contributed by atoms with Crippen molar-refractivity contribution in [1.82, 2.24) is 0 Å². The Morgan fingerprint density at radius 1 is 1.20 bits per heavy atom. The molecule has 0 spiro atoms. The summed E-state index contributed by atoms with van der Waals surface area (Å²) in [7, 11) is 0. The summed E-state index contributed by atoms with van der Waals surface area (Å²) in [6, 6.07) is 0. The van der Waals surface area contributed by atoms with Gasteiger partial charge in [0.05, 0.1) is 0 Å². The zero-order valence-corrected chi connectivity index (χ0v) is 9.54. The molecule has 1 aliphatic rings. The summed E-state index contributed by atoms with van der Waals surface area (Å²) in [5, 5.41) is 0. The topological polar surface area (TPSA) is 0 Å². The maximum atomic E-state index is 3.81. The van der Waals surface area contributed by atoms with Crippen LogP contribution >= 0.6 is 31.9 Å². The normalized spacial score (nSPS) is 27.9. The first-order valence-electron chi connectivity index (χ1n) is 3.98. The molecule has 10 heavy (non-hydrogen) atoms. The monoisotopic (exact) mass is 268 g/mol. The van der Waals surface area contributed by atoms with Crippen molar-refractivity contribution in [2.45, 2.75) is 48.2 Å². The minimum absolute atomic E-state index is 0.408. The van der Waals surface area contributed by atoms with Crippen LogP contribution in [-0.2, 0) is 0 Å². The largest absolute Gasteiger partial charge is 0.0878 e. The van der Waals surface area contributed by atoms with Crippen molar-refractivity contribution in [3.8, 4) is 0 Å². The number of hydrogen-bond donors (Lipinski definition) is 0. The fourth-order valence-corrected chi connectivity index (χ4v) is 2.56. The van der Waals surface area contributed by atoms with Crippen molar-refractivity contribution in [2.75, 3.05) is 0 Å². The summed E-state index contributed by atoms with van der Waals surface area (Å²) >= 11 is 7.46. The lowest BCUT2D eigenvalue weighted by Gasteiger charge is -2.34. The Bertz CT molecular complexity index is 104. The van der Waals surface area contributed by atoms with E-state index in [1.807, 2.05) is 0 Å². The zero-order valence-electron chi connectivity index (χ0n) is 6.37. The average molecular weight is 270 g/mol. The molecule has 0 aromatic heterocycles. The van der Waals surface area contributed by atoms with Gasteiger partial charge in [0.2, 0.25) is 0 Å². The molecule has 0 bridgehead atoms. The Balaban J connectivity index is 2.48. The van der Waals surface area contributed by atoms with Crippen LogP contribution in [0.15, 0.2) is 0 Å². The summed E-state index contributed by atoms with van der Waals surface area (Å²) < 4.78 is 0.408. The lowest BCUT2D eigenvalue weighted by atomic mass is 9.87. The molecule has 0 amide bonds. The second kappa shape index (κ2) is 3.57. The fraction of sp³-hybridized carbons (Fsp3) is 1.00. The molecule has 1 fully saturated rings. The van der Waals surface area contributed by atoms with Gasteiger partial charge in [-0.15, -0.1) is 0 Å². The molecule has 0 saturated heterocycles. The Kier molecular flexibility index (Phi) is 3.23. The summed E-state index contributed by atoms with van der Waals surface area (Å²) in [5.74, 6) is 0. The summed E-state index contributed by atoms with van der Waals surface area (Å²) in [5.41, 5.74) is 0. The standard InChI is InChI=1S/C8H14Br2/c1-7(9)8(10)5-3-2-4-6-8/h7H,2-6H2,1H3. The van der Waals surface area contributed by atoms with Crippen molar-refractivity contribution >= 4 is 31.9 Å². The van der Waals surface area contributed by atoms with E-state index in [-0.39, 0.29) is 0 Å². The van der Waals surface area contributed by atoms with E-state index in [0.29, 0.717) is 9.15 Å². The molecule has 1 atom stereocenters. The molecule has 1 unspecified atom stereocenters. The van der Waals surface area contributed by atoms with Crippen LogP contribution < -0.4 is 0 Å². The van der Waals surface area contributed by atoms with Gasteiger partial charge in [-0.3, -0.25) is 0 Å². The van der Waals surface area contributed by atoms with Gasteiger partial charge < -0.3 is 0 Å². The molecule has 0 aromatic carbocycles. The Labute approximate surface area is 80.0 Å². The highest BCUT2D eigenvalue weighted by molar-refractivity contribution is 9.12. The SMILES string of the molecule is CC(Br)C1(Br)CCCCC1. The van der Waals surface area contributed by atoms with Gasteiger partial charge >= 0.3 is 0 Å². The fourth-order valence-electron chi connectivity index (χ4n) is 1.54. The highest BCUT2D eigenvalue weighted by Gasteiger charge is 2.32. The van der Waals surface area contributed by atoms with Gasteiger partial charge in [0.1, 0.15) is 0 Å². The third kappa shape index (κ3) is 1.97. The van der Waals surface area contributed by atoms with Crippen LogP contribution in [0.4, 0.5) is 0 Å². The number of halogens is 2. The lowest BCUT2D eigenvalue weighted by molar-refractivity contribution is 0.406. The molecule has 1 saturated carbocycles. The summed E-state index contributed by atoms with van der Waals surface area (Å²) in [6.07, 6.45) is 6.87. The van der Waals surface area contributed by atoms with Crippen LogP contribution in [0.1, 0.15) is 39.0 Å². The van der Waals surface area contributed by atoms with Crippen LogP contribution in [-0.4, -0.2) is 9.15 Å². The predicted octanol–water partition coefficient (Wildman–Crippen LogP) is 3.87. The molecule has 0 aliphatic heterocycles. The maximum absolute atomic E-state index is 3.81. The molecule has 0 aromatic rings. The molecule has 0 radical (unpaired) electrons. The number of rotatable bonds is 1. The van der Waals surface area contributed by atoms with Crippen molar-refractivity contribution in [1.29, 1.82) is 0 Å². The van der Waals surface area contributed by atoms with E-state index in [2.05, 4.69) is 38.8 Å². The van der Waals surface area contributed by atoms with Gasteiger partial charge in [0.15, 0.2) is 0 Å². The second-order valence-corrected chi connectivity index (χ2v) is 6.16. The number of alkyl halides is 2. The third-order valence-corrected chi connectivity index (χ3v) is 5.37. The van der Waals surface area contributed by atoms with Crippen molar-refractivity contribution in [2.24, 2.45) is 0 Å². The molecular formula is C8H14Br2. The van der Waals surface area contributed by atoms with Gasteiger partial charge in [0.25, 0.3) is 0 Å². The van der Waals surface area contributed by atoms with Gasteiger partial charge in [-0.2, -0.15) is 0 Å². The molecule has 0 heterocycles. The Morgan fingerprint density at radius 2 is 1.70 bits per heavy atom. The van der Waals surface area contributed by atoms with Gasteiger partial charge in [-0.05, 0) is 12.8 Å². The quantitative estimate of drug-likeness (QED) is 0.634. The van der Waals surface area contributed by atoms with Crippen LogP contribution in [0.25, 0.3) is 0 Å². The first-order chi connectivity index (χ1) is 4.65. The van der Waals surface area contributed by atoms with Crippen LogP contribution in [0, 0.1) is 0 Å². The summed E-state index contributed by atoms with van der Waals surface area (Å²) in [6.45, 7) is 2.24. The van der Waals surface area contributed by atoms with Gasteiger partial charge in [0, 0.05) is 9.15 Å². The predicted molar refractivity (Wildman–Crippen MR) is 53.1 cm³/mol. The lowest BCUT2D eigenvalue weighted by Crippen LogP contribution is -2.32. The smallest absolute Gasteiger partial charge is 0.0380 e. The van der Waals surface area contributed by atoms with E-state index in [9.17, 15) is 0 Å². The number of hydrogen-bond acceptors (Lipinski definition) is 0. The Morgan fingerprint density at radius 3 is 2.00 bits per heavy atom. The highest BCUT2D eigenvalue weighted by Crippen LogP contribution is 2.41. The molecule has 2 heteroatoms. The maximum Gasteiger partial charge on any atom is 0.0380 e. The Hall–Kier alpha value is 0.960. The summed E-state index contributed by atoms with van der Waals surface area (Å²) in [4.78, 5) is 0.611. The molecule has 60 valence electrons. The van der Waals surface area contributed by atoms with E-state index >= 15 is 0 Å². The van der Waals surface area contributed by atoms with Crippen LogP contribution in [0.3, 0.4) is 0 Å². The third-order valence-electron chi connectivity index (χ3n) is 2.40. The average Bonchev–Trinajstić information content (AvgIpc) is 1.89. The molecule has 0 nitrogen and oxygen atoms in total. The van der Waals surface area contributed by atoms with Crippen LogP contribution in [0.2, 0.25) is 0 Å². The first-order valence-corrected chi connectivity index (χ1v) is 5.69. The van der Waals surface area contributed by atoms with E-state index in [1.165, 1.54) is 32.1 Å². The van der Waals surface area contributed by atoms with Crippen molar-refractivity contribution in [3.05, 3.63) is 0 Å². The van der Waals surface area contributed by atoms with Crippen molar-refractivity contribution in [3.63, 3.8) is 0 Å². The van der Waals surface area contributed by atoms with Crippen LogP contribution in [0.5, 0.6) is 0 Å². The minimum atomic E-state index is 0.408. The van der Waals surface area contributed by atoms with E-state index in [0.717, 1.165) is 0 Å². The van der Waals surface area contributed by atoms with E-state index in [4.69, 9.17) is 0 Å². The molecule has 1 rings (SSSR count).